The molecule has 0 bridgehead atoms. The molecule has 1 N–H and O–H groups in total. The summed E-state index contributed by atoms with van der Waals surface area (Å²) in [6.45, 7) is 2.23. The van der Waals surface area contributed by atoms with Crippen molar-refractivity contribution >= 4 is 15.9 Å². The topological polar surface area (TPSA) is 38.0 Å². The Balaban J connectivity index is 2.24. The van der Waals surface area contributed by atoms with Crippen LogP contribution in [0.15, 0.2) is 34.8 Å². The van der Waals surface area contributed by atoms with E-state index in [1.807, 2.05) is 29.9 Å². The van der Waals surface area contributed by atoms with Crippen molar-refractivity contribution in [1.82, 2.24) is 9.78 Å². The van der Waals surface area contributed by atoms with Gasteiger partial charge in [-0.2, -0.15) is 5.10 Å². The molecule has 0 radical (unpaired) electrons. The molecule has 1 heterocycles. The zero-order valence-corrected chi connectivity index (χ0v) is 12.9. The van der Waals surface area contributed by atoms with E-state index in [9.17, 15) is 5.11 Å². The van der Waals surface area contributed by atoms with Crippen LogP contribution in [0.4, 0.5) is 0 Å². The fourth-order valence-corrected chi connectivity index (χ4v) is 2.88. The van der Waals surface area contributed by atoms with Crippen molar-refractivity contribution in [3.05, 3.63) is 51.8 Å². The Labute approximate surface area is 122 Å². The van der Waals surface area contributed by atoms with E-state index in [-0.39, 0.29) is 12.5 Å². The minimum atomic E-state index is 0.0932. The third-order valence-corrected chi connectivity index (χ3v) is 4.13. The number of hydrogen-bond acceptors (Lipinski definition) is 2. The highest BCUT2D eigenvalue weighted by Crippen LogP contribution is 2.27. The number of hydrogen-bond donors (Lipinski definition) is 1. The monoisotopic (exact) mass is 322 g/mol. The minimum absolute atomic E-state index is 0.0932. The molecule has 0 aliphatic carbocycles. The Kier molecular flexibility index (Phi) is 4.77. The summed E-state index contributed by atoms with van der Waals surface area (Å²) < 4.78 is 2.96. The van der Waals surface area contributed by atoms with Gasteiger partial charge in [-0.15, -0.1) is 0 Å². The Morgan fingerprint density at radius 3 is 2.68 bits per heavy atom. The molecule has 19 heavy (non-hydrogen) atoms. The molecule has 1 aromatic carbocycles. The molecule has 1 unspecified atom stereocenters. The lowest BCUT2D eigenvalue weighted by Crippen LogP contribution is -2.11. The van der Waals surface area contributed by atoms with Gasteiger partial charge in [0.1, 0.15) is 0 Å². The van der Waals surface area contributed by atoms with Gasteiger partial charge in [0.15, 0.2) is 0 Å². The number of halogens is 1. The highest BCUT2D eigenvalue weighted by Gasteiger charge is 2.16. The van der Waals surface area contributed by atoms with Gasteiger partial charge in [-0.25, -0.2) is 0 Å². The van der Waals surface area contributed by atoms with Gasteiger partial charge < -0.3 is 5.11 Å². The Bertz CT molecular complexity index is 551. The van der Waals surface area contributed by atoms with Gasteiger partial charge in [-0.1, -0.05) is 41.1 Å². The van der Waals surface area contributed by atoms with Crippen LogP contribution in [0.5, 0.6) is 0 Å². The van der Waals surface area contributed by atoms with Gasteiger partial charge in [-0.05, 0) is 30.5 Å². The van der Waals surface area contributed by atoms with E-state index in [0.717, 1.165) is 34.3 Å². The summed E-state index contributed by atoms with van der Waals surface area (Å²) in [5, 5.41) is 14.1. The quantitative estimate of drug-likeness (QED) is 0.918. The van der Waals surface area contributed by atoms with Crippen LogP contribution in [0, 0.1) is 0 Å². The van der Waals surface area contributed by atoms with Crippen LogP contribution in [0.1, 0.15) is 29.8 Å². The first-order chi connectivity index (χ1) is 9.15. The van der Waals surface area contributed by atoms with Crippen molar-refractivity contribution in [2.75, 3.05) is 6.61 Å². The number of aryl methyl sites for hydroxylation is 2. The van der Waals surface area contributed by atoms with Crippen molar-refractivity contribution in [3.8, 4) is 0 Å². The van der Waals surface area contributed by atoms with Crippen molar-refractivity contribution in [3.63, 3.8) is 0 Å². The maximum atomic E-state index is 9.67. The van der Waals surface area contributed by atoms with Crippen LogP contribution < -0.4 is 0 Å². The molecular weight excluding hydrogens is 304 g/mol. The standard InChI is InChI=1S/C15H19BrN2O/c1-3-12-9-13(18(2)17-12)8-11(10-19)14-6-4-5-7-15(14)16/h4-7,9,11,19H,3,8,10H2,1-2H3. The lowest BCUT2D eigenvalue weighted by molar-refractivity contribution is 0.262. The second-order valence-corrected chi connectivity index (χ2v) is 5.56. The zero-order valence-electron chi connectivity index (χ0n) is 11.3. The van der Waals surface area contributed by atoms with Crippen LogP contribution in [0.25, 0.3) is 0 Å². The summed E-state index contributed by atoms with van der Waals surface area (Å²) >= 11 is 3.55. The minimum Gasteiger partial charge on any atom is -0.396 e. The second kappa shape index (κ2) is 6.35. The highest BCUT2D eigenvalue weighted by atomic mass is 79.9. The number of aromatic nitrogens is 2. The normalized spacial score (nSPS) is 12.6. The Morgan fingerprint density at radius 2 is 2.11 bits per heavy atom. The predicted octanol–water partition coefficient (Wildman–Crippen LogP) is 3.06. The van der Waals surface area contributed by atoms with Gasteiger partial charge in [0.05, 0.1) is 12.3 Å². The molecule has 0 aliphatic heterocycles. The van der Waals surface area contributed by atoms with Crippen molar-refractivity contribution < 1.29 is 5.11 Å². The van der Waals surface area contributed by atoms with Crippen LogP contribution in [0.2, 0.25) is 0 Å². The fraction of sp³-hybridized carbons (Fsp3) is 0.400. The van der Waals surface area contributed by atoms with Crippen LogP contribution in [-0.2, 0) is 19.9 Å². The SMILES string of the molecule is CCc1cc(CC(CO)c2ccccc2Br)n(C)n1. The largest absolute Gasteiger partial charge is 0.396 e. The highest BCUT2D eigenvalue weighted by molar-refractivity contribution is 9.10. The summed E-state index contributed by atoms with van der Waals surface area (Å²) in [6, 6.07) is 10.2. The number of aliphatic hydroxyl groups excluding tert-OH is 1. The molecule has 0 amide bonds. The number of nitrogens with zero attached hydrogens (tertiary/aromatic N) is 2. The van der Waals surface area contributed by atoms with Gasteiger partial charge >= 0.3 is 0 Å². The number of aliphatic hydroxyl groups is 1. The van der Waals surface area contributed by atoms with Gasteiger partial charge in [0.2, 0.25) is 0 Å². The zero-order chi connectivity index (χ0) is 13.8. The summed E-state index contributed by atoms with van der Waals surface area (Å²) in [6.07, 6.45) is 1.73. The maximum Gasteiger partial charge on any atom is 0.0624 e. The molecule has 2 aromatic rings. The molecule has 0 saturated carbocycles. The van der Waals surface area contributed by atoms with Gasteiger partial charge in [0, 0.05) is 23.1 Å². The molecule has 4 heteroatoms. The molecule has 1 atom stereocenters. The first-order valence-corrected chi connectivity index (χ1v) is 7.32. The summed E-state index contributed by atoms with van der Waals surface area (Å²) in [4.78, 5) is 0. The van der Waals surface area contributed by atoms with Crippen molar-refractivity contribution in [2.45, 2.75) is 25.7 Å². The van der Waals surface area contributed by atoms with E-state index in [4.69, 9.17) is 0 Å². The number of rotatable bonds is 5. The molecular formula is C15H19BrN2O. The van der Waals surface area contributed by atoms with E-state index in [1.165, 1.54) is 0 Å². The third-order valence-electron chi connectivity index (χ3n) is 3.41. The second-order valence-electron chi connectivity index (χ2n) is 4.71. The summed E-state index contributed by atoms with van der Waals surface area (Å²) in [5.41, 5.74) is 3.40. The molecule has 102 valence electrons. The Hall–Kier alpha value is -1.13. The van der Waals surface area contributed by atoms with Gasteiger partial charge in [0.25, 0.3) is 0 Å². The molecule has 0 spiro atoms. The van der Waals surface area contributed by atoms with E-state index in [1.54, 1.807) is 0 Å². The molecule has 3 nitrogen and oxygen atoms in total. The van der Waals surface area contributed by atoms with E-state index in [2.05, 4.69) is 40.1 Å². The first kappa shape index (κ1) is 14.3. The average molecular weight is 323 g/mol. The van der Waals surface area contributed by atoms with Crippen molar-refractivity contribution in [2.24, 2.45) is 7.05 Å². The average Bonchev–Trinajstić information content (AvgIpc) is 2.77. The molecule has 0 saturated heterocycles. The van der Waals surface area contributed by atoms with Gasteiger partial charge in [-0.3, -0.25) is 4.68 Å². The predicted molar refractivity (Wildman–Crippen MR) is 80.3 cm³/mol. The first-order valence-electron chi connectivity index (χ1n) is 6.52. The fourth-order valence-electron chi connectivity index (χ4n) is 2.27. The Morgan fingerprint density at radius 1 is 1.37 bits per heavy atom. The smallest absolute Gasteiger partial charge is 0.0624 e. The van der Waals surface area contributed by atoms with Crippen LogP contribution >= 0.6 is 15.9 Å². The third kappa shape index (κ3) is 3.25. The maximum absolute atomic E-state index is 9.67. The lowest BCUT2D eigenvalue weighted by Gasteiger charge is -2.16. The van der Waals surface area contributed by atoms with Crippen molar-refractivity contribution in [1.29, 1.82) is 0 Å². The van der Waals surface area contributed by atoms with Crippen LogP contribution in [0.3, 0.4) is 0 Å². The summed E-state index contributed by atoms with van der Waals surface area (Å²) in [7, 11) is 1.96. The molecule has 0 aliphatic rings. The summed E-state index contributed by atoms with van der Waals surface area (Å²) in [5.74, 6) is 0.0932. The van der Waals surface area contributed by atoms with E-state index < -0.39 is 0 Å². The molecule has 0 fully saturated rings. The lowest BCUT2D eigenvalue weighted by atomic mass is 9.95. The van der Waals surface area contributed by atoms with E-state index >= 15 is 0 Å². The number of benzene rings is 1. The van der Waals surface area contributed by atoms with Crippen LogP contribution in [-0.4, -0.2) is 21.5 Å². The molecule has 2 rings (SSSR count). The molecule has 1 aromatic heterocycles. The van der Waals surface area contributed by atoms with E-state index in [0.29, 0.717) is 0 Å².